The fourth-order valence-corrected chi connectivity index (χ4v) is 3.71. The Morgan fingerprint density at radius 1 is 1.14 bits per heavy atom. The van der Waals surface area contributed by atoms with Gasteiger partial charge < -0.3 is 10.2 Å². The average molecular weight is 401 g/mol. The standard InChI is InChI=1S/C22H21F2NO4/c1-11(2)7-16(22(28)29)20-12(3)25(18-10-17(24)19(26)9-15(18)20)21(27)13-5-4-6-14(23)8-13/h4-6,8-11,16,26H,7H2,1-3H3,(H,28,29). The Kier molecular flexibility index (Phi) is 5.42. The van der Waals surface area contributed by atoms with Crippen molar-refractivity contribution in [2.45, 2.75) is 33.1 Å². The zero-order chi connectivity index (χ0) is 21.5. The van der Waals surface area contributed by atoms with Crippen LogP contribution in [0.25, 0.3) is 10.9 Å². The molecule has 3 rings (SSSR count). The van der Waals surface area contributed by atoms with Crippen LogP contribution < -0.4 is 0 Å². The van der Waals surface area contributed by atoms with E-state index in [0.29, 0.717) is 17.7 Å². The molecule has 0 amide bonds. The van der Waals surface area contributed by atoms with Crippen LogP contribution in [-0.4, -0.2) is 26.7 Å². The highest BCUT2D eigenvalue weighted by atomic mass is 19.1. The number of aromatic nitrogens is 1. The van der Waals surface area contributed by atoms with Crippen molar-refractivity contribution < 1.29 is 28.6 Å². The summed E-state index contributed by atoms with van der Waals surface area (Å²) in [6.07, 6.45) is 0.293. The minimum atomic E-state index is -1.08. The third-order valence-electron chi connectivity index (χ3n) is 4.95. The van der Waals surface area contributed by atoms with E-state index in [9.17, 15) is 28.6 Å². The van der Waals surface area contributed by atoms with Gasteiger partial charge in [-0.15, -0.1) is 0 Å². The van der Waals surface area contributed by atoms with E-state index in [4.69, 9.17) is 0 Å². The monoisotopic (exact) mass is 401 g/mol. The smallest absolute Gasteiger partial charge is 0.311 e. The highest BCUT2D eigenvalue weighted by molar-refractivity contribution is 6.05. The summed E-state index contributed by atoms with van der Waals surface area (Å²) in [5.41, 5.74) is 0.811. The SMILES string of the molecule is Cc1c(C(CC(C)C)C(=O)O)c2cc(O)c(F)cc2n1C(=O)c1cccc(F)c1. The van der Waals surface area contributed by atoms with Gasteiger partial charge in [0, 0.05) is 22.7 Å². The van der Waals surface area contributed by atoms with Gasteiger partial charge in [0.15, 0.2) is 11.6 Å². The van der Waals surface area contributed by atoms with Crippen LogP contribution in [-0.2, 0) is 4.79 Å². The van der Waals surface area contributed by atoms with Crippen LogP contribution in [0.1, 0.15) is 47.8 Å². The van der Waals surface area contributed by atoms with Gasteiger partial charge in [0.2, 0.25) is 0 Å². The fourth-order valence-electron chi connectivity index (χ4n) is 3.71. The zero-order valence-corrected chi connectivity index (χ0v) is 16.2. The maximum absolute atomic E-state index is 14.1. The lowest BCUT2D eigenvalue weighted by atomic mass is 9.88. The van der Waals surface area contributed by atoms with Crippen molar-refractivity contribution in [3.05, 3.63) is 64.9 Å². The third kappa shape index (κ3) is 3.72. The molecule has 1 atom stereocenters. The zero-order valence-electron chi connectivity index (χ0n) is 16.2. The molecule has 1 unspecified atom stereocenters. The number of carbonyl (C=O) groups is 2. The summed E-state index contributed by atoms with van der Waals surface area (Å²) < 4.78 is 28.9. The molecule has 5 nitrogen and oxygen atoms in total. The summed E-state index contributed by atoms with van der Waals surface area (Å²) in [6, 6.07) is 7.20. The molecule has 29 heavy (non-hydrogen) atoms. The van der Waals surface area contributed by atoms with E-state index in [2.05, 4.69) is 0 Å². The number of aliphatic carboxylic acids is 1. The van der Waals surface area contributed by atoms with Crippen LogP contribution in [0.5, 0.6) is 5.75 Å². The second-order valence-electron chi connectivity index (χ2n) is 7.49. The number of phenolic OH excluding ortho intramolecular Hbond substituents is 1. The van der Waals surface area contributed by atoms with Gasteiger partial charge in [0.05, 0.1) is 11.4 Å². The molecule has 0 bridgehead atoms. The van der Waals surface area contributed by atoms with Crippen molar-refractivity contribution in [3.63, 3.8) is 0 Å². The van der Waals surface area contributed by atoms with Gasteiger partial charge in [-0.1, -0.05) is 19.9 Å². The number of benzene rings is 2. The lowest BCUT2D eigenvalue weighted by Gasteiger charge is -2.16. The summed E-state index contributed by atoms with van der Waals surface area (Å²) in [5.74, 6) is -4.78. The predicted molar refractivity (Wildman–Crippen MR) is 104 cm³/mol. The lowest BCUT2D eigenvalue weighted by molar-refractivity contribution is -0.139. The molecule has 0 spiro atoms. The Hall–Kier alpha value is -3.22. The largest absolute Gasteiger partial charge is 0.505 e. The Balaban J connectivity index is 2.33. The second kappa shape index (κ2) is 7.66. The number of halogens is 2. The topological polar surface area (TPSA) is 79.5 Å². The molecule has 0 fully saturated rings. The normalized spacial score (nSPS) is 12.5. The molecule has 0 aliphatic heterocycles. The van der Waals surface area contributed by atoms with Crippen molar-refractivity contribution in [3.8, 4) is 5.75 Å². The Morgan fingerprint density at radius 3 is 2.41 bits per heavy atom. The van der Waals surface area contributed by atoms with Gasteiger partial charge in [-0.3, -0.25) is 14.2 Å². The molecule has 2 N–H and O–H groups in total. The van der Waals surface area contributed by atoms with Crippen molar-refractivity contribution in [1.29, 1.82) is 0 Å². The van der Waals surface area contributed by atoms with Crippen molar-refractivity contribution in [1.82, 2.24) is 4.57 Å². The highest BCUT2D eigenvalue weighted by Crippen LogP contribution is 2.38. The van der Waals surface area contributed by atoms with Crippen molar-refractivity contribution in [2.75, 3.05) is 0 Å². The molecule has 7 heteroatoms. The first-order chi connectivity index (χ1) is 13.6. The Labute approximate surface area is 166 Å². The number of phenols is 1. The number of nitrogens with zero attached hydrogens (tertiary/aromatic N) is 1. The van der Waals surface area contributed by atoms with E-state index < -0.39 is 35.2 Å². The van der Waals surface area contributed by atoms with Gasteiger partial charge in [-0.25, -0.2) is 8.78 Å². The highest BCUT2D eigenvalue weighted by Gasteiger charge is 2.30. The third-order valence-corrected chi connectivity index (χ3v) is 4.95. The van der Waals surface area contributed by atoms with Gasteiger partial charge in [-0.05, 0) is 49.1 Å². The van der Waals surface area contributed by atoms with E-state index in [1.165, 1.54) is 22.8 Å². The molecule has 0 radical (unpaired) electrons. The fraction of sp³-hybridized carbons (Fsp3) is 0.273. The number of carboxylic acids is 1. The van der Waals surface area contributed by atoms with Crippen LogP contribution in [0.4, 0.5) is 8.78 Å². The summed E-state index contributed by atoms with van der Waals surface area (Å²) in [5, 5.41) is 20.0. The van der Waals surface area contributed by atoms with Gasteiger partial charge in [-0.2, -0.15) is 0 Å². The maximum Gasteiger partial charge on any atom is 0.311 e. The van der Waals surface area contributed by atoms with E-state index in [-0.39, 0.29) is 22.4 Å². The minimum absolute atomic E-state index is 0.0424. The Morgan fingerprint density at radius 2 is 1.83 bits per heavy atom. The molecule has 1 aromatic heterocycles. The van der Waals surface area contributed by atoms with Gasteiger partial charge in [0.1, 0.15) is 5.82 Å². The molecular weight excluding hydrogens is 380 g/mol. The van der Waals surface area contributed by atoms with Crippen molar-refractivity contribution >= 4 is 22.8 Å². The molecular formula is C22H21F2NO4. The maximum atomic E-state index is 14.1. The quantitative estimate of drug-likeness (QED) is 0.641. The second-order valence-corrected chi connectivity index (χ2v) is 7.49. The van der Waals surface area contributed by atoms with Crippen LogP contribution in [0.3, 0.4) is 0 Å². The minimum Gasteiger partial charge on any atom is -0.505 e. The van der Waals surface area contributed by atoms with Gasteiger partial charge >= 0.3 is 5.97 Å². The summed E-state index contributed by atoms with van der Waals surface area (Å²) in [6.45, 7) is 5.32. The average Bonchev–Trinajstić information content (AvgIpc) is 2.90. The lowest BCUT2D eigenvalue weighted by Crippen LogP contribution is -2.17. The van der Waals surface area contributed by atoms with Gasteiger partial charge in [0.25, 0.3) is 5.91 Å². The molecule has 3 aromatic rings. The number of hydrogen-bond acceptors (Lipinski definition) is 3. The first-order valence-corrected chi connectivity index (χ1v) is 9.18. The van der Waals surface area contributed by atoms with E-state index >= 15 is 0 Å². The number of aromatic hydroxyl groups is 1. The molecule has 0 aliphatic carbocycles. The van der Waals surface area contributed by atoms with Crippen LogP contribution in [0.15, 0.2) is 36.4 Å². The van der Waals surface area contributed by atoms with Crippen LogP contribution in [0, 0.1) is 24.5 Å². The van der Waals surface area contributed by atoms with E-state index in [0.717, 1.165) is 18.2 Å². The number of carboxylic acid groups (broad SMARTS) is 1. The molecule has 1 heterocycles. The first kappa shape index (κ1) is 20.5. The summed E-state index contributed by atoms with van der Waals surface area (Å²) >= 11 is 0. The van der Waals surface area contributed by atoms with E-state index in [1.807, 2.05) is 13.8 Å². The molecule has 0 saturated carbocycles. The molecule has 0 saturated heterocycles. The predicted octanol–water partition coefficient (Wildman–Crippen LogP) is 4.84. The van der Waals surface area contributed by atoms with E-state index in [1.54, 1.807) is 6.92 Å². The van der Waals surface area contributed by atoms with Crippen molar-refractivity contribution in [2.24, 2.45) is 5.92 Å². The molecule has 2 aromatic carbocycles. The number of fused-ring (bicyclic) bond motifs is 1. The Bertz CT molecular complexity index is 1120. The van der Waals surface area contributed by atoms with Crippen LogP contribution in [0.2, 0.25) is 0 Å². The molecule has 0 aliphatic rings. The number of carbonyl (C=O) groups excluding carboxylic acids is 1. The van der Waals surface area contributed by atoms with Crippen LogP contribution >= 0.6 is 0 Å². The number of hydrogen-bond donors (Lipinski definition) is 2. The summed E-state index contributed by atoms with van der Waals surface area (Å²) in [7, 11) is 0. The number of rotatable bonds is 5. The summed E-state index contributed by atoms with van der Waals surface area (Å²) in [4.78, 5) is 25.1. The first-order valence-electron chi connectivity index (χ1n) is 9.18. The molecule has 152 valence electrons.